The van der Waals surface area contributed by atoms with Crippen molar-refractivity contribution in [2.24, 2.45) is 0 Å². The molecule has 0 saturated heterocycles. The Morgan fingerprint density at radius 1 is 1.36 bits per heavy atom. The zero-order chi connectivity index (χ0) is 10.3. The topological polar surface area (TPSA) is 12.9 Å². The van der Waals surface area contributed by atoms with Crippen molar-refractivity contribution in [3.05, 3.63) is 28.2 Å². The van der Waals surface area contributed by atoms with E-state index in [0.29, 0.717) is 4.70 Å². The van der Waals surface area contributed by atoms with E-state index in [1.807, 2.05) is 0 Å². The molecular weight excluding hydrogens is 235 g/mol. The number of aromatic nitrogens is 1. The Hall–Kier alpha value is -0.810. The van der Waals surface area contributed by atoms with Crippen LogP contribution in [0.4, 0.5) is 13.2 Å². The molecule has 2 aromatic heterocycles. The molecule has 0 radical (unpaired) electrons. The van der Waals surface area contributed by atoms with E-state index in [4.69, 9.17) is 11.6 Å². The summed E-state index contributed by atoms with van der Waals surface area (Å²) in [7, 11) is 0. The van der Waals surface area contributed by atoms with Gasteiger partial charge < -0.3 is 0 Å². The molecule has 14 heavy (non-hydrogen) atoms. The number of hydrogen-bond donors (Lipinski definition) is 0. The average molecular weight is 238 g/mol. The van der Waals surface area contributed by atoms with Crippen molar-refractivity contribution in [2.75, 3.05) is 0 Å². The molecule has 0 unspecified atom stereocenters. The van der Waals surface area contributed by atoms with E-state index in [2.05, 4.69) is 4.98 Å². The van der Waals surface area contributed by atoms with Crippen molar-refractivity contribution in [1.29, 1.82) is 0 Å². The lowest BCUT2D eigenvalue weighted by molar-refractivity contribution is -0.140. The molecule has 74 valence electrons. The number of halogens is 4. The fourth-order valence-corrected chi connectivity index (χ4v) is 2.13. The predicted molar refractivity (Wildman–Crippen MR) is 49.6 cm³/mol. The highest BCUT2D eigenvalue weighted by Gasteiger charge is 2.33. The first-order chi connectivity index (χ1) is 6.48. The minimum Gasteiger partial charge on any atom is -0.242 e. The van der Waals surface area contributed by atoms with Crippen LogP contribution in [0.3, 0.4) is 0 Å². The maximum atomic E-state index is 12.3. The van der Waals surface area contributed by atoms with E-state index in [1.54, 1.807) is 5.38 Å². The van der Waals surface area contributed by atoms with Gasteiger partial charge in [0, 0.05) is 0 Å². The molecule has 0 aliphatic heterocycles. The summed E-state index contributed by atoms with van der Waals surface area (Å²) < 4.78 is 37.4. The van der Waals surface area contributed by atoms with Gasteiger partial charge >= 0.3 is 6.18 Å². The van der Waals surface area contributed by atoms with Gasteiger partial charge in [0.15, 0.2) is 0 Å². The lowest BCUT2D eigenvalue weighted by atomic mass is 10.3. The number of rotatable bonds is 0. The first-order valence-electron chi connectivity index (χ1n) is 3.59. The summed E-state index contributed by atoms with van der Waals surface area (Å²) in [5.41, 5.74) is -0.664. The average Bonchev–Trinajstić information content (AvgIpc) is 2.50. The van der Waals surface area contributed by atoms with Gasteiger partial charge in [-0.15, -0.1) is 11.3 Å². The minimum absolute atomic E-state index is 0.0947. The largest absolute Gasteiger partial charge is 0.433 e. The van der Waals surface area contributed by atoms with Crippen molar-refractivity contribution in [1.82, 2.24) is 4.98 Å². The maximum Gasteiger partial charge on any atom is 0.433 e. The second kappa shape index (κ2) is 3.10. The molecule has 0 N–H and O–H groups in total. The van der Waals surface area contributed by atoms with E-state index in [-0.39, 0.29) is 10.5 Å². The van der Waals surface area contributed by atoms with Crippen LogP contribution in [-0.2, 0) is 6.18 Å². The Morgan fingerprint density at radius 2 is 2.07 bits per heavy atom. The number of thiophene rings is 1. The third-order valence-electron chi connectivity index (χ3n) is 1.66. The second-order valence-corrected chi connectivity index (χ2v) is 3.95. The van der Waals surface area contributed by atoms with Crippen LogP contribution in [0.2, 0.25) is 5.02 Å². The predicted octanol–water partition coefficient (Wildman–Crippen LogP) is 3.97. The molecule has 0 aromatic carbocycles. The highest BCUT2D eigenvalue weighted by molar-refractivity contribution is 7.17. The highest BCUT2D eigenvalue weighted by atomic mass is 35.5. The standard InChI is InChI=1S/C8H3ClF3NS/c9-4-3-6(8(10,11)12)13-5-1-2-14-7(4)5/h1-3H. The molecule has 0 atom stereocenters. The van der Waals surface area contributed by atoms with Gasteiger partial charge in [-0.3, -0.25) is 0 Å². The van der Waals surface area contributed by atoms with Crippen LogP contribution >= 0.6 is 22.9 Å². The van der Waals surface area contributed by atoms with Crippen LogP contribution in [0.15, 0.2) is 17.5 Å². The zero-order valence-electron chi connectivity index (χ0n) is 6.60. The number of alkyl halides is 3. The van der Waals surface area contributed by atoms with Crippen LogP contribution in [0.25, 0.3) is 10.2 Å². The van der Waals surface area contributed by atoms with Gasteiger partial charge in [-0.05, 0) is 17.5 Å². The molecule has 6 heteroatoms. The Morgan fingerprint density at radius 3 is 2.71 bits per heavy atom. The van der Waals surface area contributed by atoms with E-state index >= 15 is 0 Å². The normalized spacial score (nSPS) is 12.3. The summed E-state index contributed by atoms with van der Waals surface area (Å²) in [6.45, 7) is 0. The zero-order valence-corrected chi connectivity index (χ0v) is 8.17. The smallest absolute Gasteiger partial charge is 0.242 e. The van der Waals surface area contributed by atoms with E-state index in [0.717, 1.165) is 6.07 Å². The van der Waals surface area contributed by atoms with E-state index in [1.165, 1.54) is 17.4 Å². The number of fused-ring (bicyclic) bond motifs is 1. The van der Waals surface area contributed by atoms with Crippen LogP contribution in [-0.4, -0.2) is 4.98 Å². The Labute approximate surface area is 86.1 Å². The lowest BCUT2D eigenvalue weighted by Crippen LogP contribution is -2.07. The molecule has 2 rings (SSSR count). The van der Waals surface area contributed by atoms with Gasteiger partial charge in [0.25, 0.3) is 0 Å². The minimum atomic E-state index is -4.44. The van der Waals surface area contributed by atoms with Gasteiger partial charge in [-0.1, -0.05) is 11.6 Å². The SMILES string of the molecule is FC(F)(F)c1cc(Cl)c2sccc2n1. The molecule has 2 aromatic rings. The summed E-state index contributed by atoms with van der Waals surface area (Å²) in [6, 6.07) is 2.36. The molecular formula is C8H3ClF3NS. The Bertz CT molecular complexity index is 477. The molecule has 0 aliphatic rings. The summed E-state index contributed by atoms with van der Waals surface area (Å²) in [4.78, 5) is 3.47. The fourth-order valence-electron chi connectivity index (χ4n) is 1.06. The molecule has 0 spiro atoms. The first kappa shape index (κ1) is 9.73. The number of nitrogens with zero attached hydrogens (tertiary/aromatic N) is 1. The Balaban J connectivity index is 2.70. The van der Waals surface area contributed by atoms with Crippen molar-refractivity contribution in [2.45, 2.75) is 6.18 Å². The summed E-state index contributed by atoms with van der Waals surface area (Å²) in [6.07, 6.45) is -4.44. The fraction of sp³-hybridized carbons (Fsp3) is 0.125. The molecule has 2 heterocycles. The van der Waals surface area contributed by atoms with Crippen molar-refractivity contribution in [3.63, 3.8) is 0 Å². The summed E-state index contributed by atoms with van der Waals surface area (Å²) in [5.74, 6) is 0. The van der Waals surface area contributed by atoms with Crippen LogP contribution < -0.4 is 0 Å². The van der Waals surface area contributed by atoms with Gasteiger partial charge in [0.2, 0.25) is 0 Å². The summed E-state index contributed by atoms with van der Waals surface area (Å²) in [5, 5.41) is 1.75. The Kier molecular flexibility index (Phi) is 2.16. The lowest BCUT2D eigenvalue weighted by Gasteiger charge is -2.05. The molecule has 0 bridgehead atoms. The number of hydrogen-bond acceptors (Lipinski definition) is 2. The van der Waals surface area contributed by atoms with E-state index in [9.17, 15) is 13.2 Å². The molecule has 0 amide bonds. The molecule has 1 nitrogen and oxygen atoms in total. The molecule has 0 fully saturated rings. The van der Waals surface area contributed by atoms with Gasteiger partial charge in [0.05, 0.1) is 15.2 Å². The van der Waals surface area contributed by atoms with Gasteiger partial charge in [-0.2, -0.15) is 13.2 Å². The third-order valence-corrected chi connectivity index (χ3v) is 3.00. The second-order valence-electron chi connectivity index (χ2n) is 2.62. The van der Waals surface area contributed by atoms with Gasteiger partial charge in [0.1, 0.15) is 5.69 Å². The molecule has 0 aliphatic carbocycles. The third kappa shape index (κ3) is 1.57. The quantitative estimate of drug-likeness (QED) is 0.676. The van der Waals surface area contributed by atoms with E-state index < -0.39 is 11.9 Å². The monoisotopic (exact) mass is 237 g/mol. The van der Waals surface area contributed by atoms with Crippen LogP contribution in [0.5, 0.6) is 0 Å². The summed E-state index contributed by atoms with van der Waals surface area (Å²) >= 11 is 6.95. The van der Waals surface area contributed by atoms with Crippen molar-refractivity contribution in [3.8, 4) is 0 Å². The number of pyridine rings is 1. The molecule has 0 saturated carbocycles. The van der Waals surface area contributed by atoms with Crippen molar-refractivity contribution >= 4 is 33.2 Å². The van der Waals surface area contributed by atoms with Gasteiger partial charge in [-0.25, -0.2) is 4.98 Å². The maximum absolute atomic E-state index is 12.3. The highest BCUT2D eigenvalue weighted by Crippen LogP contribution is 2.34. The van der Waals surface area contributed by atoms with Crippen LogP contribution in [0, 0.1) is 0 Å². The van der Waals surface area contributed by atoms with Crippen LogP contribution in [0.1, 0.15) is 5.69 Å². The van der Waals surface area contributed by atoms with Crippen molar-refractivity contribution < 1.29 is 13.2 Å². The first-order valence-corrected chi connectivity index (χ1v) is 4.85.